The van der Waals surface area contributed by atoms with E-state index in [1.54, 1.807) is 12.1 Å². The molecule has 0 spiro atoms. The summed E-state index contributed by atoms with van der Waals surface area (Å²) in [4.78, 5) is 7.10. The molecule has 3 rings (SSSR count). The second kappa shape index (κ2) is 11.8. The number of nitrogens with zero attached hydrogens (tertiary/aromatic N) is 2. The molecule has 1 heterocycles. The van der Waals surface area contributed by atoms with Gasteiger partial charge in [-0.25, -0.2) is 0 Å². The van der Waals surface area contributed by atoms with Crippen molar-refractivity contribution >= 4 is 29.9 Å². The highest BCUT2D eigenvalue weighted by Crippen LogP contribution is 2.19. The zero-order valence-electron chi connectivity index (χ0n) is 16.4. The summed E-state index contributed by atoms with van der Waals surface area (Å²) < 4.78 is 6.08. The monoisotopic (exact) mass is 495 g/mol. The summed E-state index contributed by atoms with van der Waals surface area (Å²) in [7, 11) is 0. The fourth-order valence-electron chi connectivity index (χ4n) is 3.31. The van der Waals surface area contributed by atoms with Gasteiger partial charge in [0.15, 0.2) is 5.96 Å². The first kappa shape index (κ1) is 22.3. The fraction of sp³-hybridized carbons (Fsp3) is 0.409. The van der Waals surface area contributed by atoms with E-state index in [1.165, 1.54) is 0 Å². The Balaban J connectivity index is 0.00000280. The molecule has 2 N–H and O–H groups in total. The summed E-state index contributed by atoms with van der Waals surface area (Å²) >= 11 is 0. The van der Waals surface area contributed by atoms with Crippen molar-refractivity contribution in [2.75, 3.05) is 26.2 Å². The number of phenolic OH excluding ortho intramolecular Hbond substituents is 1. The molecule has 0 radical (unpaired) electrons. The number of aliphatic imine (C=N–C) groups is 1. The van der Waals surface area contributed by atoms with Crippen LogP contribution in [0.5, 0.6) is 11.5 Å². The Bertz CT molecular complexity index is 732. The van der Waals surface area contributed by atoms with Crippen LogP contribution in [-0.4, -0.2) is 48.2 Å². The van der Waals surface area contributed by atoms with E-state index in [0.29, 0.717) is 12.3 Å². The molecule has 6 heteroatoms. The second-order valence-corrected chi connectivity index (χ2v) is 6.77. The second-order valence-electron chi connectivity index (χ2n) is 6.77. The number of phenols is 1. The number of para-hydroxylation sites is 1. The van der Waals surface area contributed by atoms with Gasteiger partial charge in [0, 0.05) is 39.0 Å². The molecule has 5 nitrogen and oxygen atoms in total. The zero-order valence-corrected chi connectivity index (χ0v) is 18.7. The zero-order chi connectivity index (χ0) is 18.9. The van der Waals surface area contributed by atoms with Crippen LogP contribution in [0.2, 0.25) is 0 Å². The van der Waals surface area contributed by atoms with E-state index in [0.717, 1.165) is 56.2 Å². The van der Waals surface area contributed by atoms with Gasteiger partial charge in [-0.05, 0) is 43.2 Å². The van der Waals surface area contributed by atoms with Gasteiger partial charge in [-0.3, -0.25) is 4.99 Å². The van der Waals surface area contributed by atoms with E-state index in [9.17, 15) is 5.11 Å². The minimum Gasteiger partial charge on any atom is -0.508 e. The SMILES string of the molecule is CCNC(=NCCc1cccc(O)c1)N1CCC(Oc2ccccc2)CC1.I. The van der Waals surface area contributed by atoms with Gasteiger partial charge in [0.25, 0.3) is 0 Å². The minimum absolute atomic E-state index is 0. The number of aromatic hydroxyl groups is 1. The Morgan fingerprint density at radius 3 is 2.57 bits per heavy atom. The van der Waals surface area contributed by atoms with Gasteiger partial charge in [0.2, 0.25) is 0 Å². The highest BCUT2D eigenvalue weighted by Gasteiger charge is 2.22. The van der Waals surface area contributed by atoms with Crippen LogP contribution in [0.4, 0.5) is 0 Å². The minimum atomic E-state index is 0. The van der Waals surface area contributed by atoms with Crippen molar-refractivity contribution in [3.63, 3.8) is 0 Å². The standard InChI is InChI=1S/C22H29N3O2.HI/c1-2-23-22(24-14-11-18-7-6-8-19(26)17-18)25-15-12-21(13-16-25)27-20-9-4-3-5-10-20;/h3-10,17,21,26H,2,11-16H2,1H3,(H,23,24);1H. The van der Waals surface area contributed by atoms with Gasteiger partial charge in [-0.15, -0.1) is 24.0 Å². The molecule has 0 unspecified atom stereocenters. The lowest BCUT2D eigenvalue weighted by Crippen LogP contribution is -2.47. The van der Waals surface area contributed by atoms with E-state index in [4.69, 9.17) is 9.73 Å². The molecule has 0 amide bonds. The number of nitrogens with one attached hydrogen (secondary N) is 1. The van der Waals surface area contributed by atoms with E-state index < -0.39 is 0 Å². The van der Waals surface area contributed by atoms with Gasteiger partial charge in [0.05, 0.1) is 0 Å². The molecule has 0 saturated carbocycles. The molecule has 1 saturated heterocycles. The van der Waals surface area contributed by atoms with Crippen LogP contribution in [0.3, 0.4) is 0 Å². The number of ether oxygens (including phenoxy) is 1. The third-order valence-electron chi connectivity index (χ3n) is 4.69. The predicted molar refractivity (Wildman–Crippen MR) is 125 cm³/mol. The molecule has 28 heavy (non-hydrogen) atoms. The Morgan fingerprint density at radius 2 is 1.89 bits per heavy atom. The summed E-state index contributed by atoms with van der Waals surface area (Å²) in [5.74, 6) is 2.22. The summed E-state index contributed by atoms with van der Waals surface area (Å²) in [6.45, 7) is 5.53. The summed E-state index contributed by atoms with van der Waals surface area (Å²) in [6, 6.07) is 17.4. The third-order valence-corrected chi connectivity index (χ3v) is 4.69. The lowest BCUT2D eigenvalue weighted by molar-refractivity contribution is 0.129. The molecule has 0 aromatic heterocycles. The molecule has 1 aliphatic heterocycles. The number of hydrogen-bond donors (Lipinski definition) is 2. The van der Waals surface area contributed by atoms with Crippen molar-refractivity contribution in [2.24, 2.45) is 4.99 Å². The first-order valence-corrected chi connectivity index (χ1v) is 9.77. The number of hydrogen-bond acceptors (Lipinski definition) is 3. The van der Waals surface area contributed by atoms with Crippen LogP contribution in [-0.2, 0) is 6.42 Å². The van der Waals surface area contributed by atoms with Crippen molar-refractivity contribution in [3.05, 3.63) is 60.2 Å². The van der Waals surface area contributed by atoms with Crippen molar-refractivity contribution in [3.8, 4) is 11.5 Å². The lowest BCUT2D eigenvalue weighted by Gasteiger charge is -2.34. The number of piperidine rings is 1. The third kappa shape index (κ3) is 6.89. The Hall–Kier alpha value is -1.96. The van der Waals surface area contributed by atoms with E-state index in [1.807, 2.05) is 42.5 Å². The van der Waals surface area contributed by atoms with Crippen molar-refractivity contribution in [1.29, 1.82) is 0 Å². The van der Waals surface area contributed by atoms with Crippen LogP contribution in [0, 0.1) is 0 Å². The molecule has 1 fully saturated rings. The molecule has 152 valence electrons. The van der Waals surface area contributed by atoms with E-state index in [2.05, 4.69) is 17.1 Å². The van der Waals surface area contributed by atoms with Crippen LogP contribution in [0.15, 0.2) is 59.6 Å². The van der Waals surface area contributed by atoms with Crippen LogP contribution in [0.25, 0.3) is 0 Å². The number of halogens is 1. The summed E-state index contributed by atoms with van der Waals surface area (Å²) in [5.41, 5.74) is 1.10. The summed E-state index contributed by atoms with van der Waals surface area (Å²) in [6.07, 6.45) is 3.06. The molecule has 0 atom stereocenters. The first-order valence-electron chi connectivity index (χ1n) is 9.77. The number of benzene rings is 2. The predicted octanol–water partition coefficient (Wildman–Crippen LogP) is 4.06. The van der Waals surface area contributed by atoms with E-state index in [-0.39, 0.29) is 30.1 Å². The Morgan fingerprint density at radius 1 is 1.14 bits per heavy atom. The van der Waals surface area contributed by atoms with Gasteiger partial charge in [0.1, 0.15) is 17.6 Å². The highest BCUT2D eigenvalue weighted by molar-refractivity contribution is 14.0. The Kier molecular flexibility index (Phi) is 9.40. The molecule has 2 aromatic rings. The van der Waals surface area contributed by atoms with Gasteiger partial charge in [-0.2, -0.15) is 0 Å². The normalized spacial score (nSPS) is 15.0. The largest absolute Gasteiger partial charge is 0.508 e. The van der Waals surface area contributed by atoms with E-state index >= 15 is 0 Å². The average molecular weight is 495 g/mol. The van der Waals surface area contributed by atoms with Crippen LogP contribution in [0.1, 0.15) is 25.3 Å². The Labute approximate surface area is 184 Å². The molecule has 0 bridgehead atoms. The first-order chi connectivity index (χ1) is 13.2. The maximum absolute atomic E-state index is 9.57. The molecular formula is C22H30IN3O2. The smallest absolute Gasteiger partial charge is 0.193 e. The number of likely N-dealkylation sites (tertiary alicyclic amines) is 1. The van der Waals surface area contributed by atoms with Crippen LogP contribution < -0.4 is 10.1 Å². The summed E-state index contributed by atoms with van der Waals surface area (Å²) in [5, 5.41) is 13.0. The maximum Gasteiger partial charge on any atom is 0.193 e. The average Bonchev–Trinajstić information content (AvgIpc) is 2.69. The van der Waals surface area contributed by atoms with Gasteiger partial charge < -0.3 is 20.1 Å². The maximum atomic E-state index is 9.57. The van der Waals surface area contributed by atoms with Gasteiger partial charge in [-0.1, -0.05) is 30.3 Å². The molecular weight excluding hydrogens is 465 g/mol. The van der Waals surface area contributed by atoms with Gasteiger partial charge >= 0.3 is 0 Å². The number of rotatable bonds is 6. The topological polar surface area (TPSA) is 57.1 Å². The van der Waals surface area contributed by atoms with Crippen LogP contribution >= 0.6 is 24.0 Å². The quantitative estimate of drug-likeness (QED) is 0.361. The number of guanidine groups is 1. The lowest BCUT2D eigenvalue weighted by atomic mass is 10.1. The highest BCUT2D eigenvalue weighted by atomic mass is 127. The van der Waals surface area contributed by atoms with Crippen molar-refractivity contribution in [2.45, 2.75) is 32.3 Å². The van der Waals surface area contributed by atoms with Crippen molar-refractivity contribution in [1.82, 2.24) is 10.2 Å². The fourth-order valence-corrected chi connectivity index (χ4v) is 3.31. The molecule has 2 aromatic carbocycles. The van der Waals surface area contributed by atoms with Crippen molar-refractivity contribution < 1.29 is 9.84 Å². The molecule has 0 aliphatic carbocycles. The molecule has 1 aliphatic rings.